The molecule has 0 spiro atoms. The highest BCUT2D eigenvalue weighted by Gasteiger charge is 2.30. The fourth-order valence-electron chi connectivity index (χ4n) is 2.25. The Balaban J connectivity index is 1.97. The first-order valence-corrected chi connectivity index (χ1v) is 7.94. The Morgan fingerprint density at radius 3 is 2.70 bits per heavy atom. The second kappa shape index (κ2) is 5.12. The lowest BCUT2D eigenvalue weighted by Gasteiger charge is -2.27. The molecule has 5 nitrogen and oxygen atoms in total. The van der Waals surface area contributed by atoms with Gasteiger partial charge in [-0.05, 0) is 23.8 Å². The van der Waals surface area contributed by atoms with Crippen molar-refractivity contribution in [3.63, 3.8) is 0 Å². The van der Waals surface area contributed by atoms with Gasteiger partial charge in [0.05, 0.1) is 0 Å². The maximum absolute atomic E-state index is 12.6. The van der Waals surface area contributed by atoms with Crippen LogP contribution in [0, 0.1) is 0 Å². The van der Waals surface area contributed by atoms with Crippen LogP contribution >= 0.6 is 11.6 Å². The van der Waals surface area contributed by atoms with Gasteiger partial charge in [0.25, 0.3) is 0 Å². The van der Waals surface area contributed by atoms with Gasteiger partial charge in [-0.3, -0.25) is 4.98 Å². The van der Waals surface area contributed by atoms with Crippen LogP contribution < -0.4 is 0 Å². The number of hydrogen-bond acceptors (Lipinski definition) is 4. The van der Waals surface area contributed by atoms with E-state index in [1.807, 2.05) is 12.1 Å². The summed E-state index contributed by atoms with van der Waals surface area (Å²) in [5.41, 5.74) is 1.89. The smallest absolute Gasteiger partial charge is 0.246 e. The van der Waals surface area contributed by atoms with Crippen molar-refractivity contribution in [2.75, 3.05) is 6.54 Å². The van der Waals surface area contributed by atoms with E-state index in [4.69, 9.17) is 11.6 Å². The normalized spacial score (nSPS) is 15.8. The molecule has 0 aliphatic carbocycles. The molecule has 20 heavy (non-hydrogen) atoms. The minimum atomic E-state index is -3.62. The van der Waals surface area contributed by atoms with Gasteiger partial charge in [-0.25, -0.2) is 13.4 Å². The highest BCUT2D eigenvalue weighted by Crippen LogP contribution is 2.26. The Kier molecular flexibility index (Phi) is 3.45. The zero-order valence-corrected chi connectivity index (χ0v) is 12.1. The summed E-state index contributed by atoms with van der Waals surface area (Å²) in [5.74, 6) is 0. The highest BCUT2D eigenvalue weighted by atomic mass is 35.5. The molecule has 0 unspecified atom stereocenters. The van der Waals surface area contributed by atoms with Gasteiger partial charge in [0.1, 0.15) is 10.0 Å². The predicted octanol–water partition coefficient (Wildman–Crippen LogP) is 1.88. The van der Waals surface area contributed by atoms with Crippen molar-refractivity contribution < 1.29 is 8.42 Å². The van der Waals surface area contributed by atoms with E-state index in [1.165, 1.54) is 16.6 Å². The Morgan fingerprint density at radius 1 is 1.15 bits per heavy atom. The molecule has 0 atom stereocenters. The summed E-state index contributed by atoms with van der Waals surface area (Å²) in [4.78, 5) is 8.15. The van der Waals surface area contributed by atoms with Crippen LogP contribution in [-0.2, 0) is 23.0 Å². The van der Waals surface area contributed by atoms with E-state index in [0.29, 0.717) is 19.5 Å². The third kappa shape index (κ3) is 2.30. The van der Waals surface area contributed by atoms with Crippen LogP contribution in [0.5, 0.6) is 0 Å². The monoisotopic (exact) mass is 309 g/mol. The van der Waals surface area contributed by atoms with E-state index in [2.05, 4.69) is 9.97 Å². The van der Waals surface area contributed by atoms with E-state index in [-0.39, 0.29) is 10.0 Å². The van der Waals surface area contributed by atoms with Crippen LogP contribution in [0.4, 0.5) is 0 Å². The Bertz CT molecular complexity index is 749. The molecular weight excluding hydrogens is 298 g/mol. The van der Waals surface area contributed by atoms with E-state index < -0.39 is 10.0 Å². The summed E-state index contributed by atoms with van der Waals surface area (Å²) < 4.78 is 26.6. The summed E-state index contributed by atoms with van der Waals surface area (Å²) >= 11 is 5.90. The van der Waals surface area contributed by atoms with Crippen molar-refractivity contribution in [2.45, 2.75) is 17.9 Å². The second-order valence-electron chi connectivity index (χ2n) is 4.49. The van der Waals surface area contributed by atoms with Crippen LogP contribution in [-0.4, -0.2) is 29.2 Å². The zero-order valence-electron chi connectivity index (χ0n) is 10.5. The van der Waals surface area contributed by atoms with Crippen molar-refractivity contribution >= 4 is 21.6 Å². The number of fused-ring (bicyclic) bond motifs is 1. The van der Waals surface area contributed by atoms with Gasteiger partial charge in [0.15, 0.2) is 0 Å². The molecule has 2 aromatic heterocycles. The van der Waals surface area contributed by atoms with Crippen molar-refractivity contribution in [1.82, 2.24) is 14.3 Å². The molecule has 0 saturated heterocycles. The van der Waals surface area contributed by atoms with Crippen LogP contribution in [0.1, 0.15) is 11.3 Å². The molecule has 0 fully saturated rings. The first-order valence-electron chi connectivity index (χ1n) is 6.12. The maximum Gasteiger partial charge on any atom is 0.246 e. The van der Waals surface area contributed by atoms with Gasteiger partial charge >= 0.3 is 0 Å². The number of nitrogens with zero attached hydrogens (tertiary/aromatic N) is 3. The number of aromatic nitrogens is 2. The fourth-order valence-corrected chi connectivity index (χ4v) is 4.09. The number of rotatable bonds is 2. The number of hydrogen-bond donors (Lipinski definition) is 0. The van der Waals surface area contributed by atoms with E-state index >= 15 is 0 Å². The van der Waals surface area contributed by atoms with Crippen molar-refractivity contribution in [3.8, 4) is 0 Å². The standard InChI is InChI=1S/C13H12ClN3O2S/c14-13-12(4-2-7-16-13)20(18,19)17-8-5-11-10(9-17)3-1-6-15-11/h1-4,6-7H,5,8-9H2. The van der Waals surface area contributed by atoms with Gasteiger partial charge in [-0.1, -0.05) is 17.7 Å². The van der Waals surface area contributed by atoms with Crippen molar-refractivity contribution in [1.29, 1.82) is 0 Å². The van der Waals surface area contributed by atoms with Crippen molar-refractivity contribution in [2.24, 2.45) is 0 Å². The molecular formula is C13H12ClN3O2S. The lowest BCUT2D eigenvalue weighted by atomic mass is 10.1. The first-order chi connectivity index (χ1) is 9.59. The molecule has 0 amide bonds. The lowest BCUT2D eigenvalue weighted by molar-refractivity contribution is 0.387. The maximum atomic E-state index is 12.6. The second-order valence-corrected chi connectivity index (χ2v) is 6.75. The molecule has 0 radical (unpaired) electrons. The first kappa shape index (κ1) is 13.5. The van der Waals surface area contributed by atoms with Crippen LogP contribution in [0.25, 0.3) is 0 Å². The lowest BCUT2D eigenvalue weighted by Crippen LogP contribution is -2.36. The zero-order chi connectivity index (χ0) is 14.2. The average molecular weight is 310 g/mol. The number of halogens is 1. The highest BCUT2D eigenvalue weighted by molar-refractivity contribution is 7.89. The van der Waals surface area contributed by atoms with Gasteiger partial charge in [0.2, 0.25) is 10.0 Å². The molecule has 0 saturated carbocycles. The van der Waals surface area contributed by atoms with Gasteiger partial charge in [-0.15, -0.1) is 0 Å². The Labute approximate surface area is 122 Å². The molecule has 1 aliphatic rings. The molecule has 1 aliphatic heterocycles. The minimum Gasteiger partial charge on any atom is -0.261 e. The summed E-state index contributed by atoms with van der Waals surface area (Å²) in [6.07, 6.45) is 3.80. The molecule has 7 heteroatoms. The summed E-state index contributed by atoms with van der Waals surface area (Å²) in [5, 5.41) is 0.00415. The third-order valence-corrected chi connectivity index (χ3v) is 5.56. The molecule has 3 rings (SSSR count). The number of pyridine rings is 2. The van der Waals surface area contributed by atoms with Crippen LogP contribution in [0.3, 0.4) is 0 Å². The summed E-state index contributed by atoms with van der Waals surface area (Å²) in [7, 11) is -3.62. The predicted molar refractivity (Wildman–Crippen MR) is 74.8 cm³/mol. The SMILES string of the molecule is O=S(=O)(c1cccnc1Cl)N1CCc2ncccc2C1. The van der Waals surface area contributed by atoms with Crippen LogP contribution in [0.2, 0.25) is 5.15 Å². The minimum absolute atomic E-state index is 0.00415. The Hall–Kier alpha value is -1.50. The largest absolute Gasteiger partial charge is 0.261 e. The fraction of sp³-hybridized carbons (Fsp3) is 0.231. The topological polar surface area (TPSA) is 63.2 Å². The van der Waals surface area contributed by atoms with Gasteiger partial charge in [-0.2, -0.15) is 4.31 Å². The third-order valence-electron chi connectivity index (χ3n) is 3.27. The molecule has 0 N–H and O–H groups in total. The summed E-state index contributed by atoms with van der Waals surface area (Å²) in [6.45, 7) is 0.717. The van der Waals surface area contributed by atoms with E-state index in [0.717, 1.165) is 11.3 Å². The van der Waals surface area contributed by atoms with Crippen LogP contribution in [0.15, 0.2) is 41.6 Å². The Morgan fingerprint density at radius 2 is 1.90 bits per heavy atom. The summed E-state index contributed by atoms with van der Waals surface area (Å²) in [6, 6.07) is 6.75. The quantitative estimate of drug-likeness (QED) is 0.795. The molecule has 0 bridgehead atoms. The van der Waals surface area contributed by atoms with E-state index in [9.17, 15) is 8.42 Å². The number of sulfonamides is 1. The van der Waals surface area contributed by atoms with E-state index in [1.54, 1.807) is 12.3 Å². The molecule has 0 aromatic carbocycles. The van der Waals surface area contributed by atoms with Gasteiger partial charge < -0.3 is 0 Å². The molecule has 2 aromatic rings. The van der Waals surface area contributed by atoms with Gasteiger partial charge in [0, 0.05) is 37.6 Å². The molecule has 104 valence electrons. The van der Waals surface area contributed by atoms with Crippen molar-refractivity contribution in [3.05, 3.63) is 53.1 Å². The average Bonchev–Trinajstić information content (AvgIpc) is 2.47. The molecule has 3 heterocycles.